The van der Waals surface area contributed by atoms with E-state index in [0.29, 0.717) is 13.0 Å². The van der Waals surface area contributed by atoms with Crippen molar-refractivity contribution in [2.24, 2.45) is 0 Å². The first-order valence-electron chi connectivity index (χ1n) is 6.49. The van der Waals surface area contributed by atoms with E-state index in [0.717, 1.165) is 25.6 Å². The molecule has 0 amide bonds. The molecule has 1 fully saturated rings. The zero-order valence-corrected chi connectivity index (χ0v) is 11.0. The maximum Gasteiger partial charge on any atom is 0.164 e. The van der Waals surface area contributed by atoms with E-state index in [2.05, 4.69) is 4.90 Å². The smallest absolute Gasteiger partial charge is 0.164 e. The predicted molar refractivity (Wildman–Crippen MR) is 67.8 cm³/mol. The first-order valence-corrected chi connectivity index (χ1v) is 6.49. The van der Waals surface area contributed by atoms with Crippen LogP contribution in [-0.2, 0) is 4.74 Å². The fourth-order valence-corrected chi connectivity index (χ4v) is 2.43. The summed E-state index contributed by atoms with van der Waals surface area (Å²) in [6.45, 7) is 2.39. The van der Waals surface area contributed by atoms with E-state index in [9.17, 15) is 13.9 Å². The summed E-state index contributed by atoms with van der Waals surface area (Å²) < 4.78 is 31.8. The Kier molecular flexibility index (Phi) is 4.85. The summed E-state index contributed by atoms with van der Waals surface area (Å²) in [5.41, 5.74) is 0.0301. The SMILES string of the molecule is COC1CCN(CCC(O)c2cccc(F)c2F)C1. The second-order valence-electron chi connectivity index (χ2n) is 4.89. The van der Waals surface area contributed by atoms with E-state index in [1.165, 1.54) is 12.1 Å². The lowest BCUT2D eigenvalue weighted by Gasteiger charge is -2.18. The van der Waals surface area contributed by atoms with Crippen molar-refractivity contribution in [2.75, 3.05) is 26.7 Å². The number of methoxy groups -OCH3 is 1. The van der Waals surface area contributed by atoms with Crippen molar-refractivity contribution in [3.63, 3.8) is 0 Å². The standard InChI is InChI=1S/C14H19F2NO2/c1-19-10-5-7-17(9-10)8-6-13(18)11-3-2-4-12(15)14(11)16/h2-4,10,13,18H,5-9H2,1H3. The van der Waals surface area contributed by atoms with Gasteiger partial charge >= 0.3 is 0 Å². The van der Waals surface area contributed by atoms with Gasteiger partial charge in [0.15, 0.2) is 11.6 Å². The summed E-state index contributed by atoms with van der Waals surface area (Å²) in [6, 6.07) is 3.88. The Balaban J connectivity index is 1.88. The molecule has 0 aromatic heterocycles. The number of benzene rings is 1. The summed E-state index contributed by atoms with van der Waals surface area (Å²) >= 11 is 0. The van der Waals surface area contributed by atoms with E-state index in [1.54, 1.807) is 7.11 Å². The highest BCUT2D eigenvalue weighted by molar-refractivity contribution is 5.21. The molecule has 1 N–H and O–H groups in total. The molecule has 106 valence electrons. The Bertz CT molecular complexity index is 428. The number of aliphatic hydroxyl groups is 1. The van der Waals surface area contributed by atoms with Gasteiger partial charge in [0.2, 0.25) is 0 Å². The minimum atomic E-state index is -0.975. The summed E-state index contributed by atoms with van der Waals surface area (Å²) in [5, 5.41) is 9.94. The molecule has 1 saturated heterocycles. The summed E-state index contributed by atoms with van der Waals surface area (Å²) in [7, 11) is 1.69. The second kappa shape index (κ2) is 6.41. The highest BCUT2D eigenvalue weighted by Gasteiger charge is 2.23. The Morgan fingerprint density at radius 2 is 2.26 bits per heavy atom. The third kappa shape index (κ3) is 3.49. The average molecular weight is 271 g/mol. The van der Waals surface area contributed by atoms with Gasteiger partial charge in [-0.25, -0.2) is 8.78 Å². The first kappa shape index (κ1) is 14.4. The third-order valence-electron chi connectivity index (χ3n) is 3.62. The third-order valence-corrected chi connectivity index (χ3v) is 3.62. The maximum atomic E-state index is 13.5. The molecule has 1 aliphatic heterocycles. The molecule has 1 aromatic carbocycles. The van der Waals surface area contributed by atoms with Crippen LogP contribution in [0.25, 0.3) is 0 Å². The Labute approximate surface area is 111 Å². The van der Waals surface area contributed by atoms with Crippen molar-refractivity contribution >= 4 is 0 Å². The summed E-state index contributed by atoms with van der Waals surface area (Å²) in [5.74, 6) is -1.87. The molecule has 3 nitrogen and oxygen atoms in total. The number of hydrogen-bond acceptors (Lipinski definition) is 3. The minimum absolute atomic E-state index is 0.0301. The Morgan fingerprint density at radius 3 is 2.95 bits per heavy atom. The molecule has 0 spiro atoms. The lowest BCUT2D eigenvalue weighted by atomic mass is 10.1. The molecular weight excluding hydrogens is 252 g/mol. The predicted octanol–water partition coefficient (Wildman–Crippen LogP) is 2.11. The van der Waals surface area contributed by atoms with Crippen LogP contribution in [-0.4, -0.2) is 42.9 Å². The normalized spacial score (nSPS) is 21.8. The molecule has 1 heterocycles. The van der Waals surface area contributed by atoms with Crippen LogP contribution in [0.15, 0.2) is 18.2 Å². The van der Waals surface area contributed by atoms with Crippen LogP contribution in [0.3, 0.4) is 0 Å². The van der Waals surface area contributed by atoms with Gasteiger partial charge in [-0.3, -0.25) is 0 Å². The molecule has 0 saturated carbocycles. The molecule has 2 rings (SSSR count). The van der Waals surface area contributed by atoms with Gasteiger partial charge in [-0.2, -0.15) is 0 Å². The van der Waals surface area contributed by atoms with Crippen molar-refractivity contribution in [1.29, 1.82) is 0 Å². The van der Waals surface area contributed by atoms with Crippen LogP contribution >= 0.6 is 0 Å². The van der Waals surface area contributed by atoms with Gasteiger partial charge in [0, 0.05) is 32.3 Å². The van der Waals surface area contributed by atoms with Gasteiger partial charge < -0.3 is 14.7 Å². The minimum Gasteiger partial charge on any atom is -0.388 e. The van der Waals surface area contributed by atoms with Crippen LogP contribution < -0.4 is 0 Å². The van der Waals surface area contributed by atoms with Crippen molar-refractivity contribution in [2.45, 2.75) is 25.0 Å². The Hall–Kier alpha value is -1.04. The summed E-state index contributed by atoms with van der Waals surface area (Å²) in [6.07, 6.45) is 0.623. The second-order valence-corrected chi connectivity index (χ2v) is 4.89. The molecule has 0 radical (unpaired) electrons. The molecule has 19 heavy (non-hydrogen) atoms. The fraction of sp³-hybridized carbons (Fsp3) is 0.571. The van der Waals surface area contributed by atoms with Gasteiger partial charge in [-0.15, -0.1) is 0 Å². The van der Waals surface area contributed by atoms with Crippen LogP contribution in [0.4, 0.5) is 8.78 Å². The lowest BCUT2D eigenvalue weighted by molar-refractivity contribution is 0.102. The van der Waals surface area contributed by atoms with Crippen LogP contribution in [0.1, 0.15) is 24.5 Å². The number of rotatable bonds is 5. The number of ether oxygens (including phenoxy) is 1. The maximum absolute atomic E-state index is 13.5. The highest BCUT2D eigenvalue weighted by atomic mass is 19.2. The zero-order valence-electron chi connectivity index (χ0n) is 11.0. The van der Waals surface area contributed by atoms with Gasteiger partial charge in [0.05, 0.1) is 12.2 Å². The highest BCUT2D eigenvalue weighted by Crippen LogP contribution is 2.23. The van der Waals surface area contributed by atoms with Crippen LogP contribution in [0.2, 0.25) is 0 Å². The molecule has 1 aromatic rings. The zero-order chi connectivity index (χ0) is 13.8. The van der Waals surface area contributed by atoms with Crippen molar-refractivity contribution in [1.82, 2.24) is 4.90 Å². The van der Waals surface area contributed by atoms with E-state index < -0.39 is 17.7 Å². The topological polar surface area (TPSA) is 32.7 Å². The Morgan fingerprint density at radius 1 is 1.47 bits per heavy atom. The van der Waals surface area contributed by atoms with Gasteiger partial charge in [0.1, 0.15) is 0 Å². The quantitative estimate of drug-likeness (QED) is 0.890. The number of aliphatic hydroxyl groups excluding tert-OH is 1. The molecule has 0 aliphatic carbocycles. The molecule has 5 heteroatoms. The van der Waals surface area contributed by atoms with Crippen molar-refractivity contribution in [3.8, 4) is 0 Å². The van der Waals surface area contributed by atoms with Gasteiger partial charge in [0.25, 0.3) is 0 Å². The lowest BCUT2D eigenvalue weighted by Crippen LogP contribution is -2.25. The monoisotopic (exact) mass is 271 g/mol. The van der Waals surface area contributed by atoms with Gasteiger partial charge in [-0.05, 0) is 18.9 Å². The van der Waals surface area contributed by atoms with Crippen LogP contribution in [0, 0.1) is 11.6 Å². The molecule has 2 atom stereocenters. The number of nitrogens with zero attached hydrogens (tertiary/aromatic N) is 1. The van der Waals surface area contributed by atoms with Crippen LogP contribution in [0.5, 0.6) is 0 Å². The van der Waals surface area contributed by atoms with E-state index in [1.807, 2.05) is 0 Å². The number of likely N-dealkylation sites (tertiary alicyclic amines) is 1. The van der Waals surface area contributed by atoms with Crippen molar-refractivity contribution in [3.05, 3.63) is 35.4 Å². The first-order chi connectivity index (χ1) is 9.11. The summed E-state index contributed by atoms with van der Waals surface area (Å²) in [4.78, 5) is 2.16. The van der Waals surface area contributed by atoms with Gasteiger partial charge in [-0.1, -0.05) is 12.1 Å². The van der Waals surface area contributed by atoms with E-state index in [-0.39, 0.29) is 11.7 Å². The number of hydrogen-bond donors (Lipinski definition) is 1. The van der Waals surface area contributed by atoms with E-state index in [4.69, 9.17) is 4.74 Å². The van der Waals surface area contributed by atoms with E-state index >= 15 is 0 Å². The molecule has 1 aliphatic rings. The molecular formula is C14H19F2NO2. The molecule has 0 bridgehead atoms. The molecule has 2 unspecified atom stereocenters. The average Bonchev–Trinajstić information content (AvgIpc) is 2.87. The fourth-order valence-electron chi connectivity index (χ4n) is 2.43. The largest absolute Gasteiger partial charge is 0.388 e. The number of halogens is 2. The van der Waals surface area contributed by atoms with Crippen molar-refractivity contribution < 1.29 is 18.6 Å².